The number of methoxy groups -OCH3 is 2. The van der Waals surface area contributed by atoms with Gasteiger partial charge in [-0.25, -0.2) is 0 Å². The maximum atomic E-state index is 5.23. The molecule has 4 nitrogen and oxygen atoms in total. The minimum absolute atomic E-state index is 0.602. The molecule has 0 atom stereocenters. The summed E-state index contributed by atoms with van der Waals surface area (Å²) in [5, 5.41) is 0. The molecule has 16 heavy (non-hydrogen) atoms. The first-order valence-corrected chi connectivity index (χ1v) is 5.15. The normalized spacial score (nSPS) is 10.1. The first-order chi connectivity index (χ1) is 7.74. The van der Waals surface area contributed by atoms with Crippen LogP contribution in [0.15, 0.2) is 24.4 Å². The number of aromatic amines is 2. The van der Waals surface area contributed by atoms with E-state index in [0.717, 1.165) is 11.3 Å². The van der Waals surface area contributed by atoms with Crippen LogP contribution in [-0.4, -0.2) is 24.2 Å². The summed E-state index contributed by atoms with van der Waals surface area (Å²) in [6, 6.07) is 5.70. The Morgan fingerprint density at radius 3 is 2.44 bits per heavy atom. The van der Waals surface area contributed by atoms with Crippen molar-refractivity contribution in [2.24, 2.45) is 0 Å². The summed E-state index contributed by atoms with van der Waals surface area (Å²) in [7, 11) is 3.22. The molecule has 2 rings (SSSR count). The summed E-state index contributed by atoms with van der Waals surface area (Å²) < 4.78 is 11.0. The van der Waals surface area contributed by atoms with Crippen LogP contribution >= 0.6 is 12.2 Å². The van der Waals surface area contributed by atoms with Gasteiger partial charge in [0.1, 0.15) is 0 Å². The van der Waals surface area contributed by atoms with E-state index >= 15 is 0 Å². The van der Waals surface area contributed by atoms with Crippen LogP contribution < -0.4 is 9.47 Å². The van der Waals surface area contributed by atoms with E-state index in [2.05, 4.69) is 9.97 Å². The van der Waals surface area contributed by atoms with E-state index in [-0.39, 0.29) is 0 Å². The molecule has 5 heteroatoms. The molecule has 0 radical (unpaired) electrons. The Morgan fingerprint density at radius 2 is 1.88 bits per heavy atom. The lowest BCUT2D eigenvalue weighted by Crippen LogP contribution is -1.90. The van der Waals surface area contributed by atoms with Gasteiger partial charge in [-0.3, -0.25) is 0 Å². The molecule has 0 aliphatic carbocycles. The van der Waals surface area contributed by atoms with Gasteiger partial charge in [0.25, 0.3) is 0 Å². The number of hydrogen-bond acceptors (Lipinski definition) is 3. The van der Waals surface area contributed by atoms with Crippen LogP contribution in [0.4, 0.5) is 0 Å². The predicted octanol–water partition coefficient (Wildman–Crippen LogP) is 2.76. The molecule has 2 N–H and O–H groups in total. The number of nitrogens with one attached hydrogen (secondary N) is 2. The fourth-order valence-electron chi connectivity index (χ4n) is 1.49. The molecular weight excluding hydrogens is 224 g/mol. The largest absolute Gasteiger partial charge is 0.493 e. The number of H-pyrrole nitrogens is 2. The van der Waals surface area contributed by atoms with E-state index in [4.69, 9.17) is 21.7 Å². The minimum Gasteiger partial charge on any atom is -0.493 e. The Morgan fingerprint density at radius 1 is 1.12 bits per heavy atom. The molecular formula is C11H12N2O2S. The summed E-state index contributed by atoms with van der Waals surface area (Å²) in [6.45, 7) is 0. The Balaban J connectivity index is 2.47. The highest BCUT2D eigenvalue weighted by Crippen LogP contribution is 2.31. The molecule has 1 aromatic carbocycles. The predicted molar refractivity (Wildman–Crippen MR) is 64.5 cm³/mol. The summed E-state index contributed by atoms with van der Waals surface area (Å²) in [5.74, 6) is 1.40. The highest BCUT2D eigenvalue weighted by molar-refractivity contribution is 7.71. The van der Waals surface area contributed by atoms with Crippen molar-refractivity contribution < 1.29 is 9.47 Å². The van der Waals surface area contributed by atoms with E-state index in [1.165, 1.54) is 0 Å². The molecule has 84 valence electrons. The molecule has 0 fully saturated rings. The molecule has 0 bridgehead atoms. The molecule has 0 saturated carbocycles. The van der Waals surface area contributed by atoms with E-state index in [1.807, 2.05) is 24.4 Å². The monoisotopic (exact) mass is 236 g/mol. The fourth-order valence-corrected chi connectivity index (χ4v) is 1.66. The number of rotatable bonds is 3. The topological polar surface area (TPSA) is 50.0 Å². The van der Waals surface area contributed by atoms with Gasteiger partial charge in [-0.15, -0.1) is 0 Å². The maximum Gasteiger partial charge on any atom is 0.174 e. The van der Waals surface area contributed by atoms with Crippen LogP contribution in [0.3, 0.4) is 0 Å². The van der Waals surface area contributed by atoms with Gasteiger partial charge in [0.15, 0.2) is 16.3 Å². The summed E-state index contributed by atoms with van der Waals surface area (Å²) >= 11 is 4.98. The van der Waals surface area contributed by atoms with Crippen LogP contribution in [0.2, 0.25) is 0 Å². The van der Waals surface area contributed by atoms with Crippen LogP contribution in [0.5, 0.6) is 11.5 Å². The van der Waals surface area contributed by atoms with Crippen molar-refractivity contribution >= 4 is 12.2 Å². The number of aromatic nitrogens is 2. The molecule has 0 unspecified atom stereocenters. The Hall–Kier alpha value is -1.75. The second kappa shape index (κ2) is 4.40. The van der Waals surface area contributed by atoms with Gasteiger partial charge in [0.05, 0.1) is 19.9 Å². The van der Waals surface area contributed by atoms with Crippen molar-refractivity contribution in [1.29, 1.82) is 0 Å². The van der Waals surface area contributed by atoms with Gasteiger partial charge < -0.3 is 19.4 Å². The lowest BCUT2D eigenvalue weighted by molar-refractivity contribution is 0.355. The third kappa shape index (κ3) is 1.94. The van der Waals surface area contributed by atoms with Gasteiger partial charge in [-0.1, -0.05) is 0 Å². The lowest BCUT2D eigenvalue weighted by atomic mass is 10.1. The first kappa shape index (κ1) is 10.8. The van der Waals surface area contributed by atoms with Crippen LogP contribution in [0, 0.1) is 4.77 Å². The molecule has 1 heterocycles. The van der Waals surface area contributed by atoms with Crippen molar-refractivity contribution in [3.05, 3.63) is 29.2 Å². The van der Waals surface area contributed by atoms with Crippen LogP contribution in [0.25, 0.3) is 11.3 Å². The van der Waals surface area contributed by atoms with Crippen molar-refractivity contribution in [2.45, 2.75) is 0 Å². The molecule has 0 aliphatic rings. The van der Waals surface area contributed by atoms with Crippen LogP contribution in [0.1, 0.15) is 0 Å². The smallest absolute Gasteiger partial charge is 0.174 e. The van der Waals surface area contributed by atoms with Crippen molar-refractivity contribution in [3.63, 3.8) is 0 Å². The highest BCUT2D eigenvalue weighted by Gasteiger charge is 2.06. The average Bonchev–Trinajstić information content (AvgIpc) is 2.75. The highest BCUT2D eigenvalue weighted by atomic mass is 32.1. The third-order valence-electron chi connectivity index (χ3n) is 2.29. The van der Waals surface area contributed by atoms with E-state index in [1.54, 1.807) is 14.2 Å². The second-order valence-electron chi connectivity index (χ2n) is 3.23. The van der Waals surface area contributed by atoms with E-state index in [9.17, 15) is 0 Å². The zero-order chi connectivity index (χ0) is 11.5. The molecule has 0 aliphatic heterocycles. The van der Waals surface area contributed by atoms with Gasteiger partial charge in [-0.2, -0.15) is 0 Å². The van der Waals surface area contributed by atoms with Gasteiger partial charge >= 0.3 is 0 Å². The standard InChI is InChI=1S/C11H12N2O2S/c1-14-9-4-3-7(5-10(9)15-2)8-6-12-11(16)13-8/h3-6H,1-2H3,(H2,12,13,16). The van der Waals surface area contributed by atoms with Gasteiger partial charge in [0, 0.05) is 11.8 Å². The Kier molecular flexibility index (Phi) is 2.96. The average molecular weight is 236 g/mol. The maximum absolute atomic E-state index is 5.23. The fraction of sp³-hybridized carbons (Fsp3) is 0.182. The summed E-state index contributed by atoms with van der Waals surface area (Å²) in [4.78, 5) is 5.96. The zero-order valence-electron chi connectivity index (χ0n) is 9.03. The SMILES string of the molecule is COc1ccc(-c2c[nH]c(=S)[nH]2)cc1OC. The number of imidazole rings is 1. The molecule has 0 amide bonds. The second-order valence-corrected chi connectivity index (χ2v) is 3.63. The van der Waals surface area contributed by atoms with E-state index < -0.39 is 0 Å². The molecule has 2 aromatic rings. The van der Waals surface area contributed by atoms with E-state index in [0.29, 0.717) is 16.3 Å². The minimum atomic E-state index is 0.602. The van der Waals surface area contributed by atoms with Crippen molar-refractivity contribution in [3.8, 4) is 22.8 Å². The zero-order valence-corrected chi connectivity index (χ0v) is 9.85. The Bertz CT molecular complexity index is 545. The first-order valence-electron chi connectivity index (χ1n) is 4.74. The number of benzene rings is 1. The summed E-state index contributed by atoms with van der Waals surface area (Å²) in [6.07, 6.45) is 1.82. The number of hydrogen-bond donors (Lipinski definition) is 2. The van der Waals surface area contributed by atoms with Crippen molar-refractivity contribution in [2.75, 3.05) is 14.2 Å². The quantitative estimate of drug-likeness (QED) is 0.806. The molecule has 0 spiro atoms. The number of ether oxygens (including phenoxy) is 2. The third-order valence-corrected chi connectivity index (χ3v) is 2.51. The summed E-state index contributed by atoms with van der Waals surface area (Å²) in [5.41, 5.74) is 1.91. The Labute approximate surface area is 98.2 Å². The lowest BCUT2D eigenvalue weighted by Gasteiger charge is -2.08. The van der Waals surface area contributed by atoms with Crippen LogP contribution in [-0.2, 0) is 0 Å². The molecule has 1 aromatic heterocycles. The van der Waals surface area contributed by atoms with Gasteiger partial charge in [0.2, 0.25) is 0 Å². The van der Waals surface area contributed by atoms with Crippen molar-refractivity contribution in [1.82, 2.24) is 9.97 Å². The molecule has 0 saturated heterocycles. The van der Waals surface area contributed by atoms with Gasteiger partial charge in [-0.05, 0) is 30.4 Å².